The maximum absolute atomic E-state index is 12.6. The average molecular weight is 209 g/mol. The van der Waals surface area contributed by atoms with Crippen molar-refractivity contribution in [1.82, 2.24) is 5.32 Å². The lowest BCUT2D eigenvalue weighted by Crippen LogP contribution is -2.39. The number of hydrogen-bond donors (Lipinski definition) is 2. The molecule has 0 heterocycles. The number of rotatable bonds is 3. The largest absolute Gasteiger partial charge is 0.394 e. The lowest BCUT2D eigenvalue weighted by atomic mass is 10.2. The molecule has 80 valence electrons. The van der Waals surface area contributed by atoms with Crippen molar-refractivity contribution in [1.29, 1.82) is 0 Å². The van der Waals surface area contributed by atoms with Crippen molar-refractivity contribution < 1.29 is 14.3 Å². The molecule has 1 aliphatic carbocycles. The van der Waals surface area contributed by atoms with Gasteiger partial charge in [0.05, 0.1) is 12.1 Å². The molecule has 0 radical (unpaired) electrons. The normalized spacial score (nSPS) is 17.2. The average Bonchev–Trinajstić information content (AvgIpc) is 2.99. The number of aliphatic hydroxyl groups is 1. The maximum atomic E-state index is 12.6. The van der Waals surface area contributed by atoms with E-state index < -0.39 is 5.54 Å². The number of aliphatic hydroxyl groups excluding tert-OH is 1. The van der Waals surface area contributed by atoms with E-state index in [0.29, 0.717) is 5.56 Å². The summed E-state index contributed by atoms with van der Waals surface area (Å²) in [6.45, 7) is -0.0417. The Morgan fingerprint density at radius 1 is 1.40 bits per heavy atom. The molecule has 3 nitrogen and oxygen atoms in total. The summed E-state index contributed by atoms with van der Waals surface area (Å²) in [5.41, 5.74) is -0.0121. The van der Waals surface area contributed by atoms with Gasteiger partial charge in [-0.05, 0) is 37.1 Å². The summed E-state index contributed by atoms with van der Waals surface area (Å²) in [5, 5.41) is 11.8. The number of halogens is 1. The van der Waals surface area contributed by atoms with Crippen LogP contribution in [0.25, 0.3) is 0 Å². The first-order valence-electron chi connectivity index (χ1n) is 4.84. The number of carbonyl (C=O) groups is 1. The number of benzene rings is 1. The van der Waals surface area contributed by atoms with Gasteiger partial charge < -0.3 is 10.4 Å². The first-order chi connectivity index (χ1) is 7.15. The minimum atomic E-state index is -0.425. The lowest BCUT2D eigenvalue weighted by molar-refractivity contribution is 0.0907. The van der Waals surface area contributed by atoms with E-state index >= 15 is 0 Å². The van der Waals surface area contributed by atoms with E-state index in [0.717, 1.165) is 12.8 Å². The van der Waals surface area contributed by atoms with Crippen LogP contribution in [0.1, 0.15) is 23.2 Å². The van der Waals surface area contributed by atoms with Crippen LogP contribution >= 0.6 is 0 Å². The Morgan fingerprint density at radius 2 is 2.00 bits per heavy atom. The van der Waals surface area contributed by atoms with Gasteiger partial charge in [-0.2, -0.15) is 0 Å². The number of carbonyl (C=O) groups excluding carboxylic acids is 1. The SMILES string of the molecule is O=C(NC1(CO)CC1)c1ccc(F)cc1. The highest BCUT2D eigenvalue weighted by Gasteiger charge is 2.43. The molecule has 15 heavy (non-hydrogen) atoms. The van der Waals surface area contributed by atoms with Crippen LogP contribution in [0, 0.1) is 5.82 Å². The number of hydrogen-bond acceptors (Lipinski definition) is 2. The Bertz CT molecular complexity index is 371. The molecule has 1 fully saturated rings. The first-order valence-corrected chi connectivity index (χ1v) is 4.84. The van der Waals surface area contributed by atoms with Crippen LogP contribution < -0.4 is 5.32 Å². The van der Waals surface area contributed by atoms with E-state index in [-0.39, 0.29) is 18.3 Å². The van der Waals surface area contributed by atoms with E-state index in [1.807, 2.05) is 0 Å². The van der Waals surface area contributed by atoms with Gasteiger partial charge in [-0.3, -0.25) is 4.79 Å². The Kier molecular flexibility index (Phi) is 2.44. The zero-order chi connectivity index (χ0) is 10.9. The second-order valence-corrected chi connectivity index (χ2v) is 3.90. The molecule has 0 atom stereocenters. The minimum Gasteiger partial charge on any atom is -0.394 e. The smallest absolute Gasteiger partial charge is 0.251 e. The van der Waals surface area contributed by atoms with Gasteiger partial charge in [0.2, 0.25) is 0 Å². The molecule has 0 saturated heterocycles. The summed E-state index contributed by atoms with van der Waals surface area (Å²) >= 11 is 0. The molecule has 1 saturated carbocycles. The van der Waals surface area contributed by atoms with Crippen molar-refractivity contribution in [2.45, 2.75) is 18.4 Å². The van der Waals surface area contributed by atoms with Gasteiger partial charge in [-0.15, -0.1) is 0 Å². The second kappa shape index (κ2) is 3.62. The lowest BCUT2D eigenvalue weighted by Gasteiger charge is -2.13. The molecule has 0 spiro atoms. The molecule has 2 N–H and O–H groups in total. The van der Waals surface area contributed by atoms with Crippen molar-refractivity contribution in [3.8, 4) is 0 Å². The fraction of sp³-hybridized carbons (Fsp3) is 0.364. The van der Waals surface area contributed by atoms with Gasteiger partial charge in [0.15, 0.2) is 0 Å². The molecular weight excluding hydrogens is 197 g/mol. The van der Waals surface area contributed by atoms with Gasteiger partial charge in [-0.25, -0.2) is 4.39 Å². The second-order valence-electron chi connectivity index (χ2n) is 3.90. The van der Waals surface area contributed by atoms with Crippen molar-refractivity contribution in [2.75, 3.05) is 6.61 Å². The van der Waals surface area contributed by atoms with Crippen LogP contribution in [0.4, 0.5) is 4.39 Å². The molecule has 1 aromatic rings. The maximum Gasteiger partial charge on any atom is 0.251 e. The highest BCUT2D eigenvalue weighted by Crippen LogP contribution is 2.34. The van der Waals surface area contributed by atoms with Gasteiger partial charge >= 0.3 is 0 Å². The van der Waals surface area contributed by atoms with E-state index in [4.69, 9.17) is 5.11 Å². The fourth-order valence-electron chi connectivity index (χ4n) is 1.39. The minimum absolute atomic E-state index is 0.0417. The summed E-state index contributed by atoms with van der Waals surface area (Å²) in [6.07, 6.45) is 1.60. The molecule has 0 aromatic heterocycles. The van der Waals surface area contributed by atoms with Crippen molar-refractivity contribution >= 4 is 5.91 Å². The number of nitrogens with one attached hydrogen (secondary N) is 1. The van der Waals surface area contributed by atoms with E-state index in [1.165, 1.54) is 24.3 Å². The van der Waals surface area contributed by atoms with E-state index in [9.17, 15) is 9.18 Å². The third kappa shape index (κ3) is 2.15. The molecular formula is C11H12FNO2. The predicted octanol–water partition coefficient (Wildman–Crippen LogP) is 1.08. The van der Waals surface area contributed by atoms with Crippen LogP contribution in [-0.4, -0.2) is 23.2 Å². The standard InChI is InChI=1S/C11H12FNO2/c12-9-3-1-8(2-4-9)10(15)13-11(7-14)5-6-11/h1-4,14H,5-7H2,(H,13,15). The Labute approximate surface area is 86.9 Å². The highest BCUT2D eigenvalue weighted by molar-refractivity contribution is 5.94. The fourth-order valence-corrected chi connectivity index (χ4v) is 1.39. The predicted molar refractivity (Wildman–Crippen MR) is 52.9 cm³/mol. The zero-order valence-electron chi connectivity index (χ0n) is 8.16. The Morgan fingerprint density at radius 3 is 2.47 bits per heavy atom. The van der Waals surface area contributed by atoms with Crippen LogP contribution in [0.3, 0.4) is 0 Å². The quantitative estimate of drug-likeness (QED) is 0.782. The third-order valence-corrected chi connectivity index (χ3v) is 2.64. The molecule has 0 unspecified atom stereocenters. The molecule has 2 rings (SSSR count). The van der Waals surface area contributed by atoms with E-state index in [2.05, 4.69) is 5.32 Å². The molecule has 1 aromatic carbocycles. The molecule has 4 heteroatoms. The van der Waals surface area contributed by atoms with Gasteiger partial charge in [0.25, 0.3) is 5.91 Å². The first kappa shape index (κ1) is 10.1. The summed E-state index contributed by atoms with van der Waals surface area (Å²) in [7, 11) is 0. The Balaban J connectivity index is 2.05. The van der Waals surface area contributed by atoms with Gasteiger partial charge in [0.1, 0.15) is 5.82 Å². The third-order valence-electron chi connectivity index (χ3n) is 2.64. The molecule has 1 amide bonds. The summed E-state index contributed by atoms with van der Waals surface area (Å²) in [6, 6.07) is 5.34. The summed E-state index contributed by atoms with van der Waals surface area (Å²) < 4.78 is 12.6. The monoisotopic (exact) mass is 209 g/mol. The van der Waals surface area contributed by atoms with E-state index in [1.54, 1.807) is 0 Å². The van der Waals surface area contributed by atoms with Crippen molar-refractivity contribution in [3.05, 3.63) is 35.6 Å². The molecule has 0 aliphatic heterocycles. The number of amides is 1. The van der Waals surface area contributed by atoms with Crippen molar-refractivity contribution in [2.24, 2.45) is 0 Å². The molecule has 1 aliphatic rings. The van der Waals surface area contributed by atoms with Gasteiger partial charge in [0, 0.05) is 5.56 Å². The van der Waals surface area contributed by atoms with Crippen LogP contribution in [0.5, 0.6) is 0 Å². The highest BCUT2D eigenvalue weighted by atomic mass is 19.1. The zero-order valence-corrected chi connectivity index (χ0v) is 8.16. The van der Waals surface area contributed by atoms with Crippen LogP contribution in [0.2, 0.25) is 0 Å². The summed E-state index contributed by atoms with van der Waals surface area (Å²) in [4.78, 5) is 11.6. The van der Waals surface area contributed by atoms with Crippen LogP contribution in [-0.2, 0) is 0 Å². The molecule has 0 bridgehead atoms. The van der Waals surface area contributed by atoms with Crippen molar-refractivity contribution in [3.63, 3.8) is 0 Å². The summed E-state index contributed by atoms with van der Waals surface area (Å²) in [5.74, 6) is -0.628. The van der Waals surface area contributed by atoms with Gasteiger partial charge in [-0.1, -0.05) is 0 Å². The topological polar surface area (TPSA) is 49.3 Å². The van der Waals surface area contributed by atoms with Crippen LogP contribution in [0.15, 0.2) is 24.3 Å². The Hall–Kier alpha value is -1.42.